The van der Waals surface area contributed by atoms with Gasteiger partial charge in [-0.3, -0.25) is 19.4 Å². The van der Waals surface area contributed by atoms with Crippen molar-refractivity contribution in [3.05, 3.63) is 35.9 Å². The fourth-order valence-corrected chi connectivity index (χ4v) is 5.17. The highest BCUT2D eigenvalue weighted by Crippen LogP contribution is 2.48. The summed E-state index contributed by atoms with van der Waals surface area (Å²) >= 11 is 0. The molecule has 0 bridgehead atoms. The summed E-state index contributed by atoms with van der Waals surface area (Å²) < 4.78 is 0. The molecule has 2 fully saturated rings. The number of benzene rings is 1. The van der Waals surface area contributed by atoms with Crippen LogP contribution in [-0.2, 0) is 16.0 Å². The topological polar surface area (TPSA) is 73.8 Å². The molecule has 1 aromatic heterocycles. The number of anilines is 1. The molecular formula is C21H22N4O3. The van der Waals surface area contributed by atoms with Crippen LogP contribution in [-0.4, -0.2) is 59.3 Å². The number of imide groups is 2. The van der Waals surface area contributed by atoms with Crippen molar-refractivity contribution in [1.29, 1.82) is 0 Å². The SMILES string of the molecule is CN1C(=O)N(C)C(=O)C2(Cc3cc4ccccc4nc3N3CCCC[C@@H]32)C1=O. The smallest absolute Gasteiger partial charge is 0.332 e. The highest BCUT2D eigenvalue weighted by Gasteiger charge is 2.63. The van der Waals surface area contributed by atoms with Crippen molar-refractivity contribution in [2.75, 3.05) is 25.5 Å². The Balaban J connectivity index is 1.74. The number of carbonyl (C=O) groups is 3. The first-order valence-electron chi connectivity index (χ1n) is 9.71. The molecule has 0 N–H and O–H groups in total. The van der Waals surface area contributed by atoms with Gasteiger partial charge in [0.2, 0.25) is 11.8 Å². The van der Waals surface area contributed by atoms with E-state index < -0.39 is 23.3 Å². The van der Waals surface area contributed by atoms with Crippen LogP contribution in [0.1, 0.15) is 24.8 Å². The van der Waals surface area contributed by atoms with Crippen molar-refractivity contribution >= 4 is 34.6 Å². The van der Waals surface area contributed by atoms with Crippen LogP contribution in [0.2, 0.25) is 0 Å². The number of pyridine rings is 1. The predicted octanol–water partition coefficient (Wildman–Crippen LogP) is 2.19. The number of aromatic nitrogens is 1. The van der Waals surface area contributed by atoms with Gasteiger partial charge in [-0.1, -0.05) is 18.2 Å². The second-order valence-corrected chi connectivity index (χ2v) is 8.03. The molecular weight excluding hydrogens is 356 g/mol. The van der Waals surface area contributed by atoms with Gasteiger partial charge >= 0.3 is 6.03 Å². The summed E-state index contributed by atoms with van der Waals surface area (Å²) in [5, 5.41) is 0.986. The van der Waals surface area contributed by atoms with Gasteiger partial charge in [-0.05, 0) is 37.0 Å². The van der Waals surface area contributed by atoms with E-state index in [0.29, 0.717) is 0 Å². The Morgan fingerprint density at radius 1 is 1.04 bits per heavy atom. The zero-order valence-electron chi connectivity index (χ0n) is 16.0. The summed E-state index contributed by atoms with van der Waals surface area (Å²) in [5.74, 6) is 0.0875. The van der Waals surface area contributed by atoms with E-state index in [9.17, 15) is 14.4 Å². The van der Waals surface area contributed by atoms with Gasteiger partial charge in [0.15, 0.2) is 5.41 Å². The van der Waals surface area contributed by atoms with Crippen LogP contribution in [0, 0.1) is 5.41 Å². The number of amides is 4. The van der Waals surface area contributed by atoms with Gasteiger partial charge in [-0.15, -0.1) is 0 Å². The molecule has 4 heterocycles. The van der Waals surface area contributed by atoms with Crippen LogP contribution in [0.25, 0.3) is 10.9 Å². The molecule has 2 aromatic rings. The van der Waals surface area contributed by atoms with Gasteiger partial charge in [-0.25, -0.2) is 9.78 Å². The summed E-state index contributed by atoms with van der Waals surface area (Å²) in [6.07, 6.45) is 2.96. The number of urea groups is 1. The molecule has 1 atom stereocenters. The van der Waals surface area contributed by atoms with Crippen molar-refractivity contribution in [2.24, 2.45) is 5.41 Å². The van der Waals surface area contributed by atoms with E-state index in [1.165, 1.54) is 14.1 Å². The fraction of sp³-hybridized carbons (Fsp3) is 0.429. The average molecular weight is 378 g/mol. The number of fused-ring (bicyclic) bond motifs is 5. The van der Waals surface area contributed by atoms with Crippen LogP contribution in [0.3, 0.4) is 0 Å². The van der Waals surface area contributed by atoms with Gasteiger partial charge in [-0.2, -0.15) is 0 Å². The highest BCUT2D eigenvalue weighted by atomic mass is 16.2. The van der Waals surface area contributed by atoms with E-state index in [1.807, 2.05) is 30.3 Å². The normalized spacial score (nSPS) is 24.0. The minimum atomic E-state index is -1.27. The van der Waals surface area contributed by atoms with Crippen molar-refractivity contribution in [1.82, 2.24) is 14.8 Å². The van der Waals surface area contributed by atoms with E-state index in [0.717, 1.165) is 57.9 Å². The molecule has 0 saturated carbocycles. The molecule has 1 aromatic carbocycles. The third-order valence-corrected chi connectivity index (χ3v) is 6.54. The number of nitrogens with zero attached hydrogens (tertiary/aromatic N) is 4. The van der Waals surface area contributed by atoms with Gasteiger partial charge in [0, 0.05) is 32.4 Å². The molecule has 3 aliphatic rings. The second-order valence-electron chi connectivity index (χ2n) is 8.03. The summed E-state index contributed by atoms with van der Waals surface area (Å²) in [6.45, 7) is 0.757. The van der Waals surface area contributed by atoms with Crippen LogP contribution < -0.4 is 4.90 Å². The Morgan fingerprint density at radius 2 is 1.75 bits per heavy atom. The summed E-state index contributed by atoms with van der Waals surface area (Å²) in [7, 11) is 2.94. The standard InChI is InChI=1S/C21H22N4O3/c1-23-18(26)21(19(27)24(2)20(23)28)12-14-11-13-7-3-4-8-15(13)22-17(14)25-10-6-5-9-16(21)25/h3-4,7-8,11,16H,5-6,9-10,12H2,1-2H3/t16-/m1/s1. The summed E-state index contributed by atoms with van der Waals surface area (Å²) in [6, 6.07) is 9.09. The van der Waals surface area contributed by atoms with Gasteiger partial charge < -0.3 is 4.90 Å². The molecule has 7 nitrogen and oxygen atoms in total. The molecule has 4 amide bonds. The predicted molar refractivity (Wildman–Crippen MR) is 104 cm³/mol. The first-order chi connectivity index (χ1) is 13.4. The molecule has 3 aliphatic heterocycles. The highest BCUT2D eigenvalue weighted by molar-refractivity contribution is 6.20. The molecule has 2 saturated heterocycles. The maximum atomic E-state index is 13.4. The van der Waals surface area contributed by atoms with Crippen LogP contribution in [0.15, 0.2) is 30.3 Å². The van der Waals surface area contributed by atoms with E-state index >= 15 is 0 Å². The zero-order valence-corrected chi connectivity index (χ0v) is 16.0. The van der Waals surface area contributed by atoms with Gasteiger partial charge in [0.25, 0.3) is 0 Å². The van der Waals surface area contributed by atoms with Gasteiger partial charge in [0.05, 0.1) is 11.6 Å². The Hall–Kier alpha value is -2.96. The van der Waals surface area contributed by atoms with E-state index in [2.05, 4.69) is 4.90 Å². The number of carbonyl (C=O) groups excluding carboxylic acids is 3. The van der Waals surface area contributed by atoms with Crippen molar-refractivity contribution in [2.45, 2.75) is 31.7 Å². The molecule has 144 valence electrons. The van der Waals surface area contributed by atoms with E-state index in [4.69, 9.17) is 4.98 Å². The lowest BCUT2D eigenvalue weighted by Crippen LogP contribution is -2.72. The molecule has 1 spiro atoms. The number of hydrogen-bond acceptors (Lipinski definition) is 5. The number of rotatable bonds is 0. The maximum absolute atomic E-state index is 13.4. The third-order valence-electron chi connectivity index (χ3n) is 6.54. The molecule has 28 heavy (non-hydrogen) atoms. The summed E-state index contributed by atoms with van der Waals surface area (Å²) in [4.78, 5) is 48.4. The maximum Gasteiger partial charge on any atom is 0.332 e. The number of piperidine rings is 1. The Kier molecular flexibility index (Phi) is 3.53. The van der Waals surface area contributed by atoms with Crippen LogP contribution in [0.5, 0.6) is 0 Å². The van der Waals surface area contributed by atoms with E-state index in [-0.39, 0.29) is 12.5 Å². The molecule has 0 aliphatic carbocycles. The Labute approximate surface area is 162 Å². The molecule has 5 rings (SSSR count). The quantitative estimate of drug-likeness (QED) is 0.657. The number of hydrogen-bond donors (Lipinski definition) is 0. The largest absolute Gasteiger partial charge is 0.352 e. The molecule has 0 unspecified atom stereocenters. The summed E-state index contributed by atoms with van der Waals surface area (Å²) in [5.41, 5.74) is 0.538. The molecule has 0 radical (unpaired) electrons. The zero-order chi connectivity index (χ0) is 19.6. The Bertz CT molecular complexity index is 1010. The lowest BCUT2D eigenvalue weighted by molar-refractivity contribution is -0.159. The van der Waals surface area contributed by atoms with Crippen LogP contribution in [0.4, 0.5) is 10.6 Å². The third kappa shape index (κ3) is 2.04. The van der Waals surface area contributed by atoms with E-state index in [1.54, 1.807) is 0 Å². The second kappa shape index (κ2) is 5.77. The van der Waals surface area contributed by atoms with Crippen molar-refractivity contribution < 1.29 is 14.4 Å². The lowest BCUT2D eigenvalue weighted by Gasteiger charge is -2.54. The Morgan fingerprint density at radius 3 is 2.50 bits per heavy atom. The minimum absolute atomic E-state index is 0.277. The molecule has 7 heteroatoms. The van der Waals surface area contributed by atoms with Crippen molar-refractivity contribution in [3.8, 4) is 0 Å². The van der Waals surface area contributed by atoms with Crippen molar-refractivity contribution in [3.63, 3.8) is 0 Å². The average Bonchev–Trinajstić information content (AvgIpc) is 2.73. The lowest BCUT2D eigenvalue weighted by atomic mass is 9.66. The number of barbiturate groups is 1. The first-order valence-corrected chi connectivity index (χ1v) is 9.71. The van der Waals surface area contributed by atoms with Crippen LogP contribution >= 0.6 is 0 Å². The fourth-order valence-electron chi connectivity index (χ4n) is 5.17. The first kappa shape index (κ1) is 17.2. The minimum Gasteiger partial charge on any atom is -0.352 e. The number of para-hydroxylation sites is 1. The van der Waals surface area contributed by atoms with Gasteiger partial charge in [0.1, 0.15) is 5.82 Å². The monoisotopic (exact) mass is 378 g/mol.